The Morgan fingerprint density at radius 3 is 1.81 bits per heavy atom. The van der Waals surface area contributed by atoms with Crippen LogP contribution in [0.4, 0.5) is 5.69 Å². The molecular formula is C60H80BN3. The van der Waals surface area contributed by atoms with E-state index in [4.69, 9.17) is 0 Å². The van der Waals surface area contributed by atoms with E-state index in [0.717, 1.165) is 0 Å². The predicted octanol–water partition coefficient (Wildman–Crippen LogP) is 15.0. The van der Waals surface area contributed by atoms with E-state index in [9.17, 15) is 0 Å². The molecule has 10 rings (SSSR count). The fraction of sp³-hybridized carbons (Fsp3) is 0.567. The summed E-state index contributed by atoms with van der Waals surface area (Å²) in [5.74, 6) is 1.93. The Kier molecular flexibility index (Phi) is 14.8. The second-order valence-corrected chi connectivity index (χ2v) is 21.2. The Hall–Kier alpha value is -3.92. The molecule has 8 unspecified atom stereocenters. The third-order valence-corrected chi connectivity index (χ3v) is 17.2. The molecule has 0 saturated carbocycles. The summed E-state index contributed by atoms with van der Waals surface area (Å²) in [5.41, 5.74) is 9.39. The lowest BCUT2D eigenvalue weighted by molar-refractivity contribution is 0.138. The SMILES string of the molecule is C1=CC(N(C2CC=CCC2)C2CC=C(N(C3C=CC(C4C=CC(B(C5=CCCCC5)c5ccc(N(C6=CCCCC6)C6C=CCCC6)cc5)CC4)CC3)C3CC=CCC3)CC2)=CCC1. The maximum atomic E-state index is 2.96. The van der Waals surface area contributed by atoms with Crippen LogP contribution in [-0.2, 0) is 0 Å². The molecule has 0 aliphatic heterocycles. The van der Waals surface area contributed by atoms with Gasteiger partial charge in [-0.15, -0.1) is 0 Å². The second kappa shape index (κ2) is 21.6. The highest BCUT2D eigenvalue weighted by Gasteiger charge is 2.37. The molecule has 9 aliphatic rings. The molecule has 0 N–H and O–H groups in total. The molecule has 8 atom stereocenters. The number of allylic oxidation sites excluding steroid dienone is 14. The molecule has 1 aromatic carbocycles. The first kappa shape index (κ1) is 43.9. The average Bonchev–Trinajstić information content (AvgIpc) is 3.38. The minimum Gasteiger partial charge on any atom is -0.365 e. The van der Waals surface area contributed by atoms with Crippen LogP contribution in [0.5, 0.6) is 0 Å². The van der Waals surface area contributed by atoms with Gasteiger partial charge in [0.1, 0.15) is 0 Å². The van der Waals surface area contributed by atoms with Crippen LogP contribution >= 0.6 is 0 Å². The molecule has 1 aromatic rings. The lowest BCUT2D eigenvalue weighted by Gasteiger charge is -2.47. The number of nitrogens with zero attached hydrogens (tertiary/aromatic N) is 3. The van der Waals surface area contributed by atoms with Gasteiger partial charge >= 0.3 is 0 Å². The van der Waals surface area contributed by atoms with Crippen molar-refractivity contribution in [2.45, 2.75) is 203 Å². The van der Waals surface area contributed by atoms with Gasteiger partial charge in [-0.3, -0.25) is 0 Å². The maximum Gasteiger partial charge on any atom is 0.210 e. The first-order chi connectivity index (χ1) is 31.8. The van der Waals surface area contributed by atoms with Crippen molar-refractivity contribution in [1.29, 1.82) is 0 Å². The van der Waals surface area contributed by atoms with E-state index in [0.29, 0.717) is 54.6 Å². The van der Waals surface area contributed by atoms with E-state index in [1.165, 1.54) is 178 Å². The first-order valence-electron chi connectivity index (χ1n) is 27.0. The van der Waals surface area contributed by atoms with Crippen LogP contribution in [0.1, 0.15) is 167 Å². The average molecular weight is 854 g/mol. The van der Waals surface area contributed by atoms with Crippen LogP contribution < -0.4 is 10.4 Å². The van der Waals surface area contributed by atoms with Gasteiger partial charge in [-0.05, 0) is 190 Å². The number of hydrogen-bond donors (Lipinski definition) is 0. The van der Waals surface area contributed by atoms with E-state index in [2.05, 4.69) is 136 Å². The molecule has 0 spiro atoms. The molecule has 0 fully saturated rings. The fourth-order valence-electron chi connectivity index (χ4n) is 13.8. The van der Waals surface area contributed by atoms with Crippen LogP contribution in [0.3, 0.4) is 0 Å². The van der Waals surface area contributed by atoms with Gasteiger partial charge in [0, 0.05) is 46.9 Å². The Labute approximate surface area is 389 Å². The summed E-state index contributed by atoms with van der Waals surface area (Å²) < 4.78 is 0. The van der Waals surface area contributed by atoms with E-state index in [1.54, 1.807) is 22.3 Å². The molecule has 0 bridgehead atoms. The van der Waals surface area contributed by atoms with E-state index < -0.39 is 0 Å². The summed E-state index contributed by atoms with van der Waals surface area (Å²) in [4.78, 5) is 8.54. The molecule has 3 nitrogen and oxygen atoms in total. The van der Waals surface area contributed by atoms with Crippen LogP contribution in [0.2, 0.25) is 5.82 Å². The van der Waals surface area contributed by atoms with Crippen molar-refractivity contribution >= 4 is 17.9 Å². The Morgan fingerprint density at radius 2 is 1.20 bits per heavy atom. The van der Waals surface area contributed by atoms with Crippen molar-refractivity contribution < 1.29 is 0 Å². The standard InChI is InChI=1S/C60H80BN3/c1-7-19-49(20-8-1)61(51-37-41-58(42-38-51)62(52-21-9-2-10-22-52)53-23-11-3-12-24-53)50-35-31-47(32-36-50)48-33-39-57(40-34-48)64(56-29-17-6-18-30-56)60-45-43-59(44-46-60)63(54-25-13-4-14-26-54)55-27-15-5-16-28-55/h4,6,9,13,15,17,19,21,23,27-28,31,33,35,37-39,41-42,45,47-48,50,52,54,56-57,59H,1-3,5,7-8,10-12,14,16,18,20,22,24-26,29-30,32,34,36,40,43-44,46H2. The highest BCUT2D eigenvalue weighted by Crippen LogP contribution is 2.42. The smallest absolute Gasteiger partial charge is 0.210 e. The van der Waals surface area contributed by atoms with Crippen LogP contribution in [0.15, 0.2) is 144 Å². The Bertz CT molecular complexity index is 2040. The van der Waals surface area contributed by atoms with Gasteiger partial charge in [0.15, 0.2) is 0 Å². The summed E-state index contributed by atoms with van der Waals surface area (Å²) in [6, 6.07) is 13.0. The molecular weight excluding hydrogens is 773 g/mol. The molecule has 0 radical (unpaired) electrons. The van der Waals surface area contributed by atoms with Gasteiger partial charge in [0.25, 0.3) is 0 Å². The van der Waals surface area contributed by atoms with Gasteiger partial charge in [-0.1, -0.05) is 127 Å². The molecule has 4 heteroatoms. The number of benzene rings is 1. The molecule has 338 valence electrons. The minimum atomic E-state index is 0.495. The van der Waals surface area contributed by atoms with Crippen molar-refractivity contribution in [2.24, 2.45) is 11.8 Å². The zero-order valence-corrected chi connectivity index (χ0v) is 39.5. The van der Waals surface area contributed by atoms with Gasteiger partial charge in [0.2, 0.25) is 6.71 Å². The van der Waals surface area contributed by atoms with Gasteiger partial charge < -0.3 is 14.7 Å². The zero-order valence-electron chi connectivity index (χ0n) is 39.5. The van der Waals surface area contributed by atoms with Crippen LogP contribution in [0, 0.1) is 11.8 Å². The summed E-state index contributed by atoms with van der Waals surface area (Å²) in [5, 5.41) is 0. The number of anilines is 1. The Balaban J connectivity index is 0.830. The fourth-order valence-corrected chi connectivity index (χ4v) is 13.8. The maximum absolute atomic E-state index is 2.96. The van der Waals surface area contributed by atoms with Gasteiger partial charge in [-0.2, -0.15) is 0 Å². The normalized spacial score (nSPS) is 31.7. The van der Waals surface area contributed by atoms with Gasteiger partial charge in [0.05, 0.1) is 6.04 Å². The zero-order chi connectivity index (χ0) is 42.9. The van der Waals surface area contributed by atoms with E-state index in [1.807, 2.05) is 0 Å². The number of hydrogen-bond acceptors (Lipinski definition) is 3. The molecule has 0 heterocycles. The lowest BCUT2D eigenvalue weighted by atomic mass is 9.31. The first-order valence-corrected chi connectivity index (χ1v) is 27.0. The van der Waals surface area contributed by atoms with E-state index in [-0.39, 0.29) is 0 Å². The molecule has 0 saturated heterocycles. The quantitative estimate of drug-likeness (QED) is 0.145. The summed E-state index contributed by atoms with van der Waals surface area (Å²) in [6.45, 7) is 0.513. The highest BCUT2D eigenvalue weighted by molar-refractivity contribution is 6.81. The summed E-state index contributed by atoms with van der Waals surface area (Å²) in [7, 11) is 0. The minimum absolute atomic E-state index is 0.495. The van der Waals surface area contributed by atoms with Crippen LogP contribution in [0.25, 0.3) is 0 Å². The third-order valence-electron chi connectivity index (χ3n) is 17.2. The number of rotatable bonds is 13. The summed E-state index contributed by atoms with van der Waals surface area (Å²) >= 11 is 0. The van der Waals surface area contributed by atoms with Crippen LogP contribution in [-0.4, -0.2) is 46.7 Å². The van der Waals surface area contributed by atoms with E-state index >= 15 is 0 Å². The molecule has 0 amide bonds. The van der Waals surface area contributed by atoms with Crippen molar-refractivity contribution in [3.8, 4) is 0 Å². The molecule has 9 aliphatic carbocycles. The lowest BCUT2D eigenvalue weighted by Crippen LogP contribution is -2.47. The monoisotopic (exact) mass is 854 g/mol. The second-order valence-electron chi connectivity index (χ2n) is 21.2. The highest BCUT2D eigenvalue weighted by atomic mass is 15.2. The van der Waals surface area contributed by atoms with Crippen molar-refractivity contribution in [3.05, 3.63) is 144 Å². The molecule has 64 heavy (non-hydrogen) atoms. The summed E-state index contributed by atoms with van der Waals surface area (Å²) in [6.07, 6.45) is 73.6. The van der Waals surface area contributed by atoms with Crippen molar-refractivity contribution in [3.63, 3.8) is 0 Å². The van der Waals surface area contributed by atoms with Crippen molar-refractivity contribution in [1.82, 2.24) is 9.80 Å². The van der Waals surface area contributed by atoms with Crippen molar-refractivity contribution in [2.75, 3.05) is 4.90 Å². The van der Waals surface area contributed by atoms with Gasteiger partial charge in [-0.25, -0.2) is 0 Å². The molecule has 0 aromatic heterocycles. The predicted molar refractivity (Wildman–Crippen MR) is 275 cm³/mol. The largest absolute Gasteiger partial charge is 0.365 e. The topological polar surface area (TPSA) is 9.72 Å². The third kappa shape index (κ3) is 10.2. The Morgan fingerprint density at radius 1 is 0.438 bits per heavy atom.